The lowest BCUT2D eigenvalue weighted by Gasteiger charge is -2.07. The molecule has 2 heterocycles. The predicted octanol–water partition coefficient (Wildman–Crippen LogP) is 0.954. The fraction of sp³-hybridized carbons (Fsp3) is 0.286. The average molecular weight is 357 g/mol. The van der Waals surface area contributed by atoms with Gasteiger partial charge in [0.05, 0.1) is 18.5 Å². The van der Waals surface area contributed by atoms with Crippen LogP contribution in [0.5, 0.6) is 5.75 Å². The number of amides is 1. The van der Waals surface area contributed by atoms with Gasteiger partial charge in [0.1, 0.15) is 12.3 Å². The van der Waals surface area contributed by atoms with E-state index in [4.69, 9.17) is 0 Å². The zero-order chi connectivity index (χ0) is 18.6. The number of hydrogen-bond acceptors (Lipinski definition) is 6. The van der Waals surface area contributed by atoms with Crippen LogP contribution in [0.2, 0.25) is 0 Å². The Morgan fingerprint density at radius 3 is 2.80 bits per heavy atom. The Hall–Kier alpha value is -2.95. The van der Waals surface area contributed by atoms with Crippen LogP contribution in [0, 0.1) is 6.92 Å². The van der Waals surface area contributed by atoms with Gasteiger partial charge < -0.3 is 10.2 Å². The lowest BCUT2D eigenvalue weighted by molar-refractivity contribution is -0.141. The molecule has 0 aliphatic rings. The van der Waals surface area contributed by atoms with Crippen molar-refractivity contribution in [3.63, 3.8) is 0 Å². The summed E-state index contributed by atoms with van der Waals surface area (Å²) in [5, 5.41) is 25.9. The zero-order valence-electron chi connectivity index (χ0n) is 12.9. The normalized spacial score (nSPS) is 11.9. The number of hydrogen-bond donors (Lipinski definition) is 3. The number of rotatable bonds is 5. The number of halogens is 3. The molecule has 2 aromatic heterocycles. The number of carbonyl (C=O) groups excluding carboxylic acids is 1. The number of carbonyl (C=O) groups is 1. The smallest absolute Gasteiger partial charge is 0.435 e. The lowest BCUT2D eigenvalue weighted by atomic mass is 10.1. The van der Waals surface area contributed by atoms with E-state index in [0.29, 0.717) is 11.3 Å². The number of nitrogens with one attached hydrogen (secondary N) is 1. The van der Waals surface area contributed by atoms with Crippen molar-refractivity contribution in [3.8, 4) is 5.75 Å². The van der Waals surface area contributed by atoms with Crippen LogP contribution in [-0.2, 0) is 24.1 Å². The van der Waals surface area contributed by atoms with E-state index < -0.39 is 30.9 Å². The minimum atomic E-state index is -4.59. The van der Waals surface area contributed by atoms with Gasteiger partial charge in [0, 0.05) is 23.5 Å². The third-order valence-electron chi connectivity index (χ3n) is 3.15. The maximum atomic E-state index is 12.4. The summed E-state index contributed by atoms with van der Waals surface area (Å²) in [6.07, 6.45) is -1.11. The molecule has 0 aromatic carbocycles. The van der Waals surface area contributed by atoms with Crippen LogP contribution in [0.4, 0.5) is 13.2 Å². The Morgan fingerprint density at radius 2 is 2.20 bits per heavy atom. The van der Waals surface area contributed by atoms with E-state index in [0.717, 1.165) is 23.2 Å². The summed E-state index contributed by atoms with van der Waals surface area (Å²) in [5.41, 5.74) is 1.77. The van der Waals surface area contributed by atoms with Crippen LogP contribution >= 0.6 is 0 Å². The molecule has 0 aliphatic carbocycles. The van der Waals surface area contributed by atoms with Crippen molar-refractivity contribution < 1.29 is 28.2 Å². The summed E-state index contributed by atoms with van der Waals surface area (Å²) in [5.74, 6) is -0.921. The number of hydrazone groups is 1. The molecule has 11 heteroatoms. The monoisotopic (exact) mass is 357 g/mol. The molecule has 0 unspecified atom stereocenters. The van der Waals surface area contributed by atoms with Gasteiger partial charge in [-0.3, -0.25) is 14.5 Å². The molecule has 0 saturated heterocycles. The van der Waals surface area contributed by atoms with Gasteiger partial charge in [-0.1, -0.05) is 0 Å². The number of aliphatic hydroxyl groups excluding tert-OH is 1. The molecule has 0 fully saturated rings. The van der Waals surface area contributed by atoms with Crippen molar-refractivity contribution in [2.24, 2.45) is 5.10 Å². The van der Waals surface area contributed by atoms with Crippen LogP contribution in [-0.4, -0.2) is 37.1 Å². The number of alkyl halides is 3. The third-order valence-corrected chi connectivity index (χ3v) is 3.15. The van der Waals surface area contributed by atoms with Crippen LogP contribution in [0.1, 0.15) is 22.5 Å². The van der Waals surface area contributed by atoms with Crippen LogP contribution in [0.15, 0.2) is 23.6 Å². The maximum Gasteiger partial charge on any atom is 0.435 e. The first-order chi connectivity index (χ1) is 11.7. The highest BCUT2D eigenvalue weighted by molar-refractivity contribution is 5.87. The zero-order valence-corrected chi connectivity index (χ0v) is 12.9. The fourth-order valence-corrected chi connectivity index (χ4v) is 1.87. The maximum absolute atomic E-state index is 12.4. The van der Waals surface area contributed by atoms with Gasteiger partial charge in [-0.25, -0.2) is 5.43 Å². The van der Waals surface area contributed by atoms with Crippen LogP contribution < -0.4 is 5.43 Å². The fourth-order valence-electron chi connectivity index (χ4n) is 1.87. The largest absolute Gasteiger partial charge is 0.505 e. The summed E-state index contributed by atoms with van der Waals surface area (Å²) in [4.78, 5) is 15.5. The number of aromatic hydroxyl groups is 1. The van der Waals surface area contributed by atoms with Crippen LogP contribution in [0.3, 0.4) is 0 Å². The van der Waals surface area contributed by atoms with Gasteiger partial charge in [-0.15, -0.1) is 0 Å². The van der Waals surface area contributed by atoms with Crippen molar-refractivity contribution in [3.05, 3.63) is 41.0 Å². The quantitative estimate of drug-likeness (QED) is 0.545. The molecule has 0 saturated carbocycles. The van der Waals surface area contributed by atoms with Crippen molar-refractivity contribution in [2.45, 2.75) is 26.3 Å². The first-order valence-electron chi connectivity index (χ1n) is 6.93. The van der Waals surface area contributed by atoms with E-state index in [1.165, 1.54) is 6.20 Å². The third kappa shape index (κ3) is 4.53. The standard InChI is InChI=1S/C14H14F3N5O3/c1-8-13(25)10(9(7-23)4-18-8)5-19-20-12(24)6-22-3-2-11(21-22)14(15,16)17/h2-5,23,25H,6-7H2,1H3,(H,20,24)/b19-5+. The van der Waals surface area contributed by atoms with Gasteiger partial charge in [-0.05, 0) is 13.0 Å². The number of aromatic nitrogens is 3. The minimum absolute atomic E-state index is 0.175. The Morgan fingerprint density at radius 1 is 1.48 bits per heavy atom. The Bertz CT molecular complexity index is 801. The molecule has 0 spiro atoms. The highest BCUT2D eigenvalue weighted by Gasteiger charge is 2.33. The summed E-state index contributed by atoms with van der Waals surface area (Å²) in [6.45, 7) is 0.674. The number of aryl methyl sites for hydroxylation is 1. The van der Waals surface area contributed by atoms with E-state index in [1.54, 1.807) is 6.92 Å². The Kier molecular flexibility index (Phi) is 5.37. The predicted molar refractivity (Wildman–Crippen MR) is 79.5 cm³/mol. The number of aliphatic hydroxyl groups is 1. The molecule has 134 valence electrons. The van der Waals surface area contributed by atoms with E-state index in [-0.39, 0.29) is 11.3 Å². The van der Waals surface area contributed by atoms with E-state index in [2.05, 4.69) is 20.6 Å². The van der Waals surface area contributed by atoms with E-state index >= 15 is 0 Å². The molecule has 8 nitrogen and oxygen atoms in total. The second-order valence-electron chi connectivity index (χ2n) is 4.98. The van der Waals surface area contributed by atoms with Crippen molar-refractivity contribution in [2.75, 3.05) is 0 Å². The molecule has 0 bridgehead atoms. The molecule has 0 aliphatic heterocycles. The van der Waals surface area contributed by atoms with Crippen molar-refractivity contribution >= 4 is 12.1 Å². The summed E-state index contributed by atoms with van der Waals surface area (Å²) < 4.78 is 38.1. The van der Waals surface area contributed by atoms with Gasteiger partial charge in [-0.2, -0.15) is 23.4 Å². The minimum Gasteiger partial charge on any atom is -0.505 e. The van der Waals surface area contributed by atoms with Gasteiger partial charge in [0.25, 0.3) is 5.91 Å². The second-order valence-corrected chi connectivity index (χ2v) is 4.98. The summed E-state index contributed by atoms with van der Waals surface area (Å²) >= 11 is 0. The molecular weight excluding hydrogens is 343 g/mol. The molecule has 1 amide bonds. The molecular formula is C14H14F3N5O3. The SMILES string of the molecule is Cc1ncc(CO)c(/C=N/NC(=O)Cn2ccc(C(F)(F)F)n2)c1O. The lowest BCUT2D eigenvalue weighted by Crippen LogP contribution is -2.24. The van der Waals surface area contributed by atoms with Crippen molar-refractivity contribution in [1.29, 1.82) is 0 Å². The summed E-state index contributed by atoms with van der Waals surface area (Å²) in [6, 6.07) is 0.752. The highest BCUT2D eigenvalue weighted by Crippen LogP contribution is 2.27. The van der Waals surface area contributed by atoms with Gasteiger partial charge >= 0.3 is 6.18 Å². The number of nitrogens with zero attached hydrogens (tertiary/aromatic N) is 4. The average Bonchev–Trinajstić information content (AvgIpc) is 3.00. The molecule has 2 aromatic rings. The first kappa shape index (κ1) is 18.4. The highest BCUT2D eigenvalue weighted by atomic mass is 19.4. The Balaban J connectivity index is 2.02. The molecule has 0 atom stereocenters. The van der Waals surface area contributed by atoms with Gasteiger partial charge in [0.2, 0.25) is 0 Å². The molecule has 25 heavy (non-hydrogen) atoms. The Labute approximate surface area is 139 Å². The van der Waals surface area contributed by atoms with Crippen molar-refractivity contribution in [1.82, 2.24) is 20.2 Å². The number of pyridine rings is 1. The van der Waals surface area contributed by atoms with Crippen LogP contribution in [0.25, 0.3) is 0 Å². The molecule has 2 rings (SSSR count). The van der Waals surface area contributed by atoms with E-state index in [1.807, 2.05) is 0 Å². The summed E-state index contributed by atoms with van der Waals surface area (Å²) in [7, 11) is 0. The molecule has 3 N–H and O–H groups in total. The topological polar surface area (TPSA) is 113 Å². The van der Waals surface area contributed by atoms with E-state index in [9.17, 15) is 28.2 Å². The first-order valence-corrected chi connectivity index (χ1v) is 6.93. The molecule has 0 radical (unpaired) electrons. The second kappa shape index (κ2) is 7.30. The van der Waals surface area contributed by atoms with Gasteiger partial charge in [0.15, 0.2) is 5.69 Å².